The molecule has 1 aromatic heterocycles. The van der Waals surface area contributed by atoms with Gasteiger partial charge in [0.15, 0.2) is 11.6 Å². The van der Waals surface area contributed by atoms with E-state index in [9.17, 15) is 14.0 Å². The van der Waals surface area contributed by atoms with Gasteiger partial charge in [0, 0.05) is 31.7 Å². The number of halogens is 2. The van der Waals surface area contributed by atoms with Crippen LogP contribution in [0, 0.1) is 23.6 Å². The number of anilines is 2. The van der Waals surface area contributed by atoms with Gasteiger partial charge in [-0.15, -0.1) is 0 Å². The van der Waals surface area contributed by atoms with Crippen LogP contribution in [0.15, 0.2) is 30.5 Å². The second-order valence-electron chi connectivity index (χ2n) is 8.36. The van der Waals surface area contributed by atoms with Crippen LogP contribution in [0.25, 0.3) is 0 Å². The smallest absolute Gasteiger partial charge is 0.224 e. The number of amides is 2. The summed E-state index contributed by atoms with van der Waals surface area (Å²) in [6.45, 7) is 4.41. The maximum Gasteiger partial charge on any atom is 0.224 e. The van der Waals surface area contributed by atoms with E-state index >= 15 is 0 Å². The van der Waals surface area contributed by atoms with Gasteiger partial charge in [0.05, 0.1) is 12.1 Å². The lowest BCUT2D eigenvalue weighted by atomic mass is 9.70. The van der Waals surface area contributed by atoms with Gasteiger partial charge in [0.2, 0.25) is 17.1 Å². The van der Waals surface area contributed by atoms with E-state index in [1.165, 1.54) is 6.92 Å². The average molecular weight is 463 g/mol. The topological polar surface area (TPSA) is 127 Å². The van der Waals surface area contributed by atoms with E-state index in [-0.39, 0.29) is 28.8 Å². The summed E-state index contributed by atoms with van der Waals surface area (Å²) in [7, 11) is 0. The number of nitrogen functional groups attached to an aromatic ring is 1. The minimum absolute atomic E-state index is 0.0604. The highest BCUT2D eigenvalue weighted by Gasteiger charge is 2.41. The van der Waals surface area contributed by atoms with Crippen LogP contribution in [-0.4, -0.2) is 39.3 Å². The van der Waals surface area contributed by atoms with Crippen molar-refractivity contribution in [3.8, 4) is 0 Å². The van der Waals surface area contributed by atoms with Crippen LogP contribution in [0.1, 0.15) is 32.3 Å². The molecule has 1 aromatic carbocycles. The molecule has 2 aromatic rings. The summed E-state index contributed by atoms with van der Waals surface area (Å²) in [5.41, 5.74) is 13.1. The number of nitrogens with zero attached hydrogens (tertiary/aromatic N) is 3. The molecule has 5 N–H and O–H groups in total. The van der Waals surface area contributed by atoms with Crippen molar-refractivity contribution in [2.24, 2.45) is 23.5 Å². The van der Waals surface area contributed by atoms with Crippen LogP contribution in [0.3, 0.4) is 0 Å². The number of nitrogens with one attached hydrogen (secondary N) is 1. The Kier molecular flexibility index (Phi) is 7.50. The van der Waals surface area contributed by atoms with E-state index in [1.54, 1.807) is 11.0 Å². The molecule has 4 atom stereocenters. The molecule has 0 spiro atoms. The molecule has 1 aliphatic carbocycles. The van der Waals surface area contributed by atoms with Gasteiger partial charge in [-0.25, -0.2) is 9.37 Å². The van der Waals surface area contributed by atoms with E-state index in [4.69, 9.17) is 23.1 Å². The van der Waals surface area contributed by atoms with Crippen molar-refractivity contribution >= 4 is 34.9 Å². The monoisotopic (exact) mass is 462 g/mol. The van der Waals surface area contributed by atoms with E-state index in [0.717, 1.165) is 11.8 Å². The summed E-state index contributed by atoms with van der Waals surface area (Å²) < 4.78 is 14.2. The lowest BCUT2D eigenvalue weighted by Crippen LogP contribution is -2.50. The Bertz CT molecular complexity index is 991. The maximum atomic E-state index is 14.2. The molecule has 1 fully saturated rings. The highest BCUT2D eigenvalue weighted by Crippen LogP contribution is 2.37. The number of aromatic nitrogens is 2. The van der Waals surface area contributed by atoms with Crippen molar-refractivity contribution in [1.82, 2.24) is 14.9 Å². The Morgan fingerprint density at radius 2 is 2.09 bits per heavy atom. The maximum absolute atomic E-state index is 14.2. The molecule has 8 nitrogen and oxygen atoms in total. The van der Waals surface area contributed by atoms with E-state index in [1.807, 2.05) is 25.1 Å². The van der Waals surface area contributed by atoms with Gasteiger partial charge in [-0.1, -0.05) is 19.1 Å². The lowest BCUT2D eigenvalue weighted by molar-refractivity contribution is -0.131. The quantitative estimate of drug-likeness (QED) is 0.429. The van der Waals surface area contributed by atoms with Gasteiger partial charge >= 0.3 is 0 Å². The minimum atomic E-state index is -0.668. The zero-order valence-corrected chi connectivity index (χ0v) is 18.8. The van der Waals surface area contributed by atoms with Crippen LogP contribution < -0.4 is 16.8 Å². The first-order valence-electron chi connectivity index (χ1n) is 10.5. The number of nitrogens with two attached hydrogens (primary N) is 2. The largest absolute Gasteiger partial charge is 0.399 e. The van der Waals surface area contributed by atoms with Crippen molar-refractivity contribution in [3.63, 3.8) is 0 Å². The predicted octanol–water partition coefficient (Wildman–Crippen LogP) is 2.83. The van der Waals surface area contributed by atoms with E-state index in [2.05, 4.69) is 15.3 Å². The number of hydrogen-bond acceptors (Lipinski definition) is 6. The van der Waals surface area contributed by atoms with Gasteiger partial charge in [0.25, 0.3) is 0 Å². The molecule has 1 saturated carbocycles. The Hall–Kier alpha value is -2.94. The van der Waals surface area contributed by atoms with Crippen LogP contribution >= 0.6 is 11.6 Å². The Balaban J connectivity index is 1.80. The highest BCUT2D eigenvalue weighted by atomic mass is 35.5. The fourth-order valence-electron chi connectivity index (χ4n) is 4.41. The SMILES string of the molecule is CC(=O)N(Cc1cccc(N)c1)C[C@@H]1CC[C@H](C(N)=O)[C@H](Nc2nc(Cl)ncc2F)C1C. The molecule has 1 unspecified atom stereocenters. The fourth-order valence-corrected chi connectivity index (χ4v) is 4.54. The summed E-state index contributed by atoms with van der Waals surface area (Å²) in [6, 6.07) is 6.95. The van der Waals surface area contributed by atoms with Crippen molar-refractivity contribution in [2.75, 3.05) is 17.6 Å². The molecule has 1 aliphatic rings. The highest BCUT2D eigenvalue weighted by molar-refractivity contribution is 6.28. The number of carbonyl (C=O) groups is 2. The molecule has 1 heterocycles. The van der Waals surface area contributed by atoms with Gasteiger partial charge < -0.3 is 21.7 Å². The number of rotatable bonds is 7. The summed E-state index contributed by atoms with van der Waals surface area (Å²) in [5, 5.41) is 2.93. The molecule has 0 saturated heterocycles. The first kappa shape index (κ1) is 23.7. The molecular formula is C22H28ClFN6O2. The Morgan fingerprint density at radius 3 is 2.75 bits per heavy atom. The molecule has 3 rings (SSSR count). The molecule has 32 heavy (non-hydrogen) atoms. The number of primary amides is 1. The molecule has 10 heteroatoms. The van der Waals surface area contributed by atoms with E-state index in [0.29, 0.717) is 31.6 Å². The van der Waals surface area contributed by atoms with Crippen LogP contribution in [0.4, 0.5) is 15.9 Å². The molecule has 0 radical (unpaired) electrons. The van der Waals surface area contributed by atoms with Crippen molar-refractivity contribution in [3.05, 3.63) is 47.1 Å². The zero-order valence-electron chi connectivity index (χ0n) is 18.1. The van der Waals surface area contributed by atoms with Crippen LogP contribution in [0.5, 0.6) is 0 Å². The fraction of sp³-hybridized carbons (Fsp3) is 0.455. The summed E-state index contributed by atoms with van der Waals surface area (Å²) in [4.78, 5) is 33.8. The number of carbonyl (C=O) groups excluding carboxylic acids is 2. The third kappa shape index (κ3) is 5.64. The third-order valence-corrected chi connectivity index (χ3v) is 6.38. The Morgan fingerprint density at radius 1 is 1.34 bits per heavy atom. The average Bonchev–Trinajstić information content (AvgIpc) is 2.72. The predicted molar refractivity (Wildman–Crippen MR) is 121 cm³/mol. The van der Waals surface area contributed by atoms with Gasteiger partial charge in [-0.3, -0.25) is 9.59 Å². The van der Waals surface area contributed by atoms with Gasteiger partial charge in [-0.05, 0) is 54.0 Å². The molecule has 172 valence electrons. The lowest BCUT2D eigenvalue weighted by Gasteiger charge is -2.42. The molecule has 2 amide bonds. The number of benzene rings is 1. The van der Waals surface area contributed by atoms with Crippen molar-refractivity contribution < 1.29 is 14.0 Å². The van der Waals surface area contributed by atoms with Crippen LogP contribution in [-0.2, 0) is 16.1 Å². The summed E-state index contributed by atoms with van der Waals surface area (Å²) in [6.07, 6.45) is 2.21. The first-order valence-corrected chi connectivity index (χ1v) is 10.9. The second kappa shape index (κ2) is 10.1. The van der Waals surface area contributed by atoms with Crippen molar-refractivity contribution in [1.29, 1.82) is 0 Å². The minimum Gasteiger partial charge on any atom is -0.399 e. The molecule has 0 bridgehead atoms. The normalized spacial score (nSPS) is 22.9. The zero-order chi connectivity index (χ0) is 23.4. The first-order chi connectivity index (χ1) is 15.2. The second-order valence-corrected chi connectivity index (χ2v) is 8.69. The van der Waals surface area contributed by atoms with Crippen molar-refractivity contribution in [2.45, 2.75) is 39.3 Å². The summed E-state index contributed by atoms with van der Waals surface area (Å²) in [5.74, 6) is -1.80. The van der Waals surface area contributed by atoms with Crippen LogP contribution in [0.2, 0.25) is 5.28 Å². The Labute approximate surface area is 191 Å². The molecular weight excluding hydrogens is 435 g/mol. The standard InChI is InChI=1S/C22H28ClFN6O2/c1-12-15(11-30(13(2)31)10-14-4-3-5-16(25)8-14)6-7-17(20(26)32)19(12)28-21-18(24)9-27-22(23)29-21/h3-5,8-9,12,15,17,19H,6-7,10-11,25H2,1-2H3,(H2,26,32)(H,27,28,29)/t12?,15-,17-,19+/m0/s1. The molecule has 0 aliphatic heterocycles. The third-order valence-electron chi connectivity index (χ3n) is 6.20. The number of hydrogen-bond donors (Lipinski definition) is 3. The van der Waals surface area contributed by atoms with Gasteiger partial charge in [-0.2, -0.15) is 4.98 Å². The van der Waals surface area contributed by atoms with E-state index < -0.39 is 23.7 Å². The van der Waals surface area contributed by atoms with Gasteiger partial charge in [0.1, 0.15) is 0 Å². The summed E-state index contributed by atoms with van der Waals surface area (Å²) >= 11 is 5.82.